The Kier molecular flexibility index (Phi) is 8.02. The van der Waals surface area contributed by atoms with E-state index >= 15 is 0 Å². The van der Waals surface area contributed by atoms with Gasteiger partial charge in [0.1, 0.15) is 23.5 Å². The van der Waals surface area contributed by atoms with Crippen LogP contribution >= 0.6 is 22.9 Å². The zero-order valence-corrected chi connectivity index (χ0v) is 21.8. The number of ether oxygens (including phenoxy) is 2. The van der Waals surface area contributed by atoms with E-state index in [0.717, 1.165) is 33.2 Å². The molecular formula is C24H27ClN6O4S. The molecule has 0 saturated carbocycles. The third-order valence-electron chi connectivity index (χ3n) is 5.78. The van der Waals surface area contributed by atoms with Crippen molar-refractivity contribution in [2.75, 3.05) is 26.4 Å². The van der Waals surface area contributed by atoms with Gasteiger partial charge in [-0.15, -0.1) is 21.5 Å². The second kappa shape index (κ2) is 11.2. The Morgan fingerprint density at radius 2 is 1.89 bits per heavy atom. The SMILES string of the molecule is Cc1sc2c(c1C)C(c1ccc(Cl)cc1)=N[C@@H](CC(=O)NCCOCCOC(N)=O)c1nnc(C)n1-2. The van der Waals surface area contributed by atoms with E-state index in [-0.39, 0.29) is 32.1 Å². The fourth-order valence-corrected chi connectivity index (χ4v) is 5.29. The van der Waals surface area contributed by atoms with Crippen molar-refractivity contribution in [3.8, 4) is 5.00 Å². The van der Waals surface area contributed by atoms with Crippen LogP contribution in [0, 0.1) is 20.8 Å². The first kappa shape index (κ1) is 25.8. The van der Waals surface area contributed by atoms with E-state index in [1.807, 2.05) is 35.8 Å². The molecule has 4 rings (SSSR count). The largest absolute Gasteiger partial charge is 0.447 e. The van der Waals surface area contributed by atoms with Crippen molar-refractivity contribution in [3.63, 3.8) is 0 Å². The molecule has 3 aromatic rings. The Morgan fingerprint density at radius 3 is 2.61 bits per heavy atom. The molecule has 3 N–H and O–H groups in total. The van der Waals surface area contributed by atoms with Crippen molar-refractivity contribution >= 4 is 40.6 Å². The monoisotopic (exact) mass is 530 g/mol. The summed E-state index contributed by atoms with van der Waals surface area (Å²) in [7, 11) is 0. The highest BCUT2D eigenvalue weighted by atomic mass is 35.5. The lowest BCUT2D eigenvalue weighted by molar-refractivity contribution is -0.121. The number of amides is 2. The maximum atomic E-state index is 12.8. The van der Waals surface area contributed by atoms with E-state index in [1.54, 1.807) is 11.3 Å². The Morgan fingerprint density at radius 1 is 1.14 bits per heavy atom. The second-order valence-electron chi connectivity index (χ2n) is 8.24. The number of primary amides is 1. The molecule has 0 bridgehead atoms. The molecule has 2 aromatic heterocycles. The Hall–Kier alpha value is -3.28. The molecule has 3 heterocycles. The number of hydrogen-bond donors (Lipinski definition) is 2. The highest BCUT2D eigenvalue weighted by Gasteiger charge is 2.32. The number of nitrogens with zero attached hydrogens (tertiary/aromatic N) is 4. The van der Waals surface area contributed by atoms with Crippen LogP contribution in [-0.2, 0) is 14.3 Å². The highest BCUT2D eigenvalue weighted by molar-refractivity contribution is 7.15. The van der Waals surface area contributed by atoms with Gasteiger partial charge in [-0.2, -0.15) is 0 Å². The predicted octanol–water partition coefficient (Wildman–Crippen LogP) is 3.42. The van der Waals surface area contributed by atoms with Gasteiger partial charge in [-0.1, -0.05) is 23.7 Å². The summed E-state index contributed by atoms with van der Waals surface area (Å²) < 4.78 is 11.9. The summed E-state index contributed by atoms with van der Waals surface area (Å²) in [5, 5.41) is 13.2. The number of halogens is 1. The molecule has 12 heteroatoms. The zero-order valence-electron chi connectivity index (χ0n) is 20.2. The molecule has 1 aliphatic rings. The maximum absolute atomic E-state index is 12.8. The first-order valence-corrected chi connectivity index (χ1v) is 12.6. The van der Waals surface area contributed by atoms with E-state index in [4.69, 9.17) is 27.1 Å². The number of nitrogens with two attached hydrogens (primary N) is 1. The molecule has 0 fully saturated rings. The van der Waals surface area contributed by atoms with Crippen LogP contribution in [0.15, 0.2) is 29.3 Å². The number of aromatic nitrogens is 3. The Balaban J connectivity index is 1.58. The average Bonchev–Trinajstić information content (AvgIpc) is 3.31. The fourth-order valence-electron chi connectivity index (χ4n) is 3.95. The number of carbonyl (C=O) groups is 2. The molecule has 0 saturated heterocycles. The van der Waals surface area contributed by atoms with Crippen LogP contribution in [0.1, 0.15) is 45.7 Å². The third-order valence-corrected chi connectivity index (χ3v) is 7.22. The lowest BCUT2D eigenvalue weighted by Crippen LogP contribution is -2.29. The van der Waals surface area contributed by atoms with Gasteiger partial charge in [-0.3, -0.25) is 14.4 Å². The number of fused-ring (bicyclic) bond motifs is 3. The van der Waals surface area contributed by atoms with Gasteiger partial charge in [0, 0.05) is 27.6 Å². The molecule has 1 aliphatic heterocycles. The average molecular weight is 531 g/mol. The topological polar surface area (TPSA) is 134 Å². The summed E-state index contributed by atoms with van der Waals surface area (Å²) in [5.41, 5.74) is 8.75. The van der Waals surface area contributed by atoms with E-state index in [0.29, 0.717) is 17.4 Å². The van der Waals surface area contributed by atoms with Gasteiger partial charge in [0.15, 0.2) is 5.82 Å². The minimum absolute atomic E-state index is 0.0611. The number of carbonyl (C=O) groups excluding carboxylic acids is 2. The number of aryl methyl sites for hydroxylation is 2. The van der Waals surface area contributed by atoms with Gasteiger partial charge >= 0.3 is 6.09 Å². The van der Waals surface area contributed by atoms with Crippen molar-refractivity contribution in [2.45, 2.75) is 33.2 Å². The van der Waals surface area contributed by atoms with Crippen LogP contribution in [0.3, 0.4) is 0 Å². The zero-order chi connectivity index (χ0) is 25.8. The van der Waals surface area contributed by atoms with E-state index < -0.39 is 12.1 Å². The van der Waals surface area contributed by atoms with Gasteiger partial charge in [-0.05, 0) is 38.5 Å². The molecule has 1 atom stereocenters. The lowest BCUT2D eigenvalue weighted by atomic mass is 9.99. The number of nitrogens with one attached hydrogen (secondary N) is 1. The first-order valence-electron chi connectivity index (χ1n) is 11.4. The van der Waals surface area contributed by atoms with Crippen molar-refractivity contribution in [2.24, 2.45) is 10.7 Å². The summed E-state index contributed by atoms with van der Waals surface area (Å²) >= 11 is 7.80. The quantitative estimate of drug-likeness (QED) is 0.407. The van der Waals surface area contributed by atoms with E-state index in [9.17, 15) is 9.59 Å². The highest BCUT2D eigenvalue weighted by Crippen LogP contribution is 2.39. The van der Waals surface area contributed by atoms with Crippen LogP contribution < -0.4 is 11.1 Å². The summed E-state index contributed by atoms with van der Waals surface area (Å²) in [5.74, 6) is 1.16. The van der Waals surface area contributed by atoms with Gasteiger partial charge < -0.3 is 20.5 Å². The van der Waals surface area contributed by atoms with Gasteiger partial charge in [-0.25, -0.2) is 4.79 Å². The van der Waals surface area contributed by atoms with E-state index in [2.05, 4.69) is 34.1 Å². The second-order valence-corrected chi connectivity index (χ2v) is 9.88. The molecule has 36 heavy (non-hydrogen) atoms. The Labute approximate surface area is 217 Å². The first-order chi connectivity index (χ1) is 17.3. The molecule has 0 radical (unpaired) electrons. The van der Waals surface area contributed by atoms with Gasteiger partial charge in [0.2, 0.25) is 5.91 Å². The number of aliphatic imine (C=N–C) groups is 1. The molecule has 10 nitrogen and oxygen atoms in total. The minimum Gasteiger partial charge on any atom is -0.447 e. The standard InChI is InChI=1S/C24H27ClN6O4S/c1-13-14(2)36-23-20(13)21(16-4-6-17(25)7-5-16)28-18(22-30-29-15(3)31(22)23)12-19(32)27-8-9-34-10-11-35-24(26)33/h4-7,18H,8-12H2,1-3H3,(H2,26,33)(H,27,32)/t18-/m0/s1. The molecule has 1 aromatic carbocycles. The molecule has 2 amide bonds. The van der Waals surface area contributed by atoms with Crippen molar-refractivity contribution in [1.29, 1.82) is 0 Å². The van der Waals surface area contributed by atoms with Crippen molar-refractivity contribution in [3.05, 3.63) is 62.5 Å². The summed E-state index contributed by atoms with van der Waals surface area (Å²) in [4.78, 5) is 29.7. The molecular weight excluding hydrogens is 504 g/mol. The number of thiophene rings is 1. The van der Waals surface area contributed by atoms with Crippen LogP contribution in [0.25, 0.3) is 5.00 Å². The van der Waals surface area contributed by atoms with Crippen molar-refractivity contribution in [1.82, 2.24) is 20.1 Å². The lowest BCUT2D eigenvalue weighted by Gasteiger charge is -2.13. The fraction of sp³-hybridized carbons (Fsp3) is 0.375. The number of hydrogen-bond acceptors (Lipinski definition) is 8. The van der Waals surface area contributed by atoms with Crippen LogP contribution in [0.2, 0.25) is 5.02 Å². The molecule has 0 spiro atoms. The number of benzene rings is 1. The molecule has 0 unspecified atom stereocenters. The predicted molar refractivity (Wildman–Crippen MR) is 137 cm³/mol. The summed E-state index contributed by atoms with van der Waals surface area (Å²) in [6.07, 6.45) is -0.760. The molecule has 190 valence electrons. The minimum atomic E-state index is -0.850. The number of rotatable bonds is 9. The normalized spacial score (nSPS) is 14.4. The maximum Gasteiger partial charge on any atom is 0.404 e. The van der Waals surface area contributed by atoms with Crippen LogP contribution in [0.5, 0.6) is 0 Å². The van der Waals surface area contributed by atoms with Crippen LogP contribution in [0.4, 0.5) is 4.79 Å². The Bertz CT molecular complexity index is 1300. The summed E-state index contributed by atoms with van der Waals surface area (Å²) in [6, 6.07) is 7.00. The van der Waals surface area contributed by atoms with E-state index in [1.165, 1.54) is 4.88 Å². The smallest absolute Gasteiger partial charge is 0.404 e. The van der Waals surface area contributed by atoms with Crippen LogP contribution in [-0.4, -0.2) is 58.8 Å². The van der Waals surface area contributed by atoms with Crippen molar-refractivity contribution < 1.29 is 19.1 Å². The van der Waals surface area contributed by atoms with Gasteiger partial charge in [0.25, 0.3) is 0 Å². The third kappa shape index (κ3) is 5.58. The summed E-state index contributed by atoms with van der Waals surface area (Å²) in [6.45, 7) is 6.88. The molecule has 0 aliphatic carbocycles. The van der Waals surface area contributed by atoms with Gasteiger partial charge in [0.05, 0.1) is 25.3 Å².